The normalized spacial score (nSPS) is 11.1. The quantitative estimate of drug-likeness (QED) is 0.678. The molecule has 18 heavy (non-hydrogen) atoms. The Hall–Kier alpha value is -1.21. The van der Waals surface area contributed by atoms with Crippen LogP contribution in [0.15, 0.2) is 36.4 Å². The van der Waals surface area contributed by atoms with Crippen molar-refractivity contribution in [1.29, 1.82) is 0 Å². The van der Waals surface area contributed by atoms with Crippen molar-refractivity contribution >= 4 is 22.4 Å². The second kappa shape index (κ2) is 6.10. The van der Waals surface area contributed by atoms with Crippen molar-refractivity contribution < 1.29 is 4.74 Å². The second-order valence-electron chi connectivity index (χ2n) is 4.45. The van der Waals surface area contributed by atoms with E-state index in [1.165, 1.54) is 10.8 Å². The van der Waals surface area contributed by atoms with Gasteiger partial charge in [-0.25, -0.2) is 0 Å². The van der Waals surface area contributed by atoms with Gasteiger partial charge in [0.15, 0.2) is 0 Å². The van der Waals surface area contributed by atoms with E-state index in [0.29, 0.717) is 5.88 Å². The highest BCUT2D eigenvalue weighted by atomic mass is 35.5. The fourth-order valence-electron chi connectivity index (χ4n) is 2.20. The predicted octanol–water partition coefficient (Wildman–Crippen LogP) is 5.15. The first-order valence-electron chi connectivity index (χ1n) is 6.53. The Morgan fingerprint density at radius 3 is 2.44 bits per heavy atom. The molecule has 2 aromatic carbocycles. The van der Waals surface area contributed by atoms with Gasteiger partial charge in [0, 0.05) is 5.56 Å². The van der Waals surface area contributed by atoms with Gasteiger partial charge in [-0.3, -0.25) is 0 Å². The number of benzene rings is 2. The Kier molecular flexibility index (Phi) is 4.48. The first kappa shape index (κ1) is 13.2. The molecule has 0 bridgehead atoms. The summed E-state index contributed by atoms with van der Waals surface area (Å²) in [5.41, 5.74) is 1.10. The lowest BCUT2D eigenvalue weighted by atomic mass is 10.0. The second-order valence-corrected chi connectivity index (χ2v) is 4.72. The smallest absolute Gasteiger partial charge is 0.124 e. The molecule has 0 N–H and O–H groups in total. The third-order valence-electron chi connectivity index (χ3n) is 3.34. The van der Waals surface area contributed by atoms with E-state index in [9.17, 15) is 0 Å². The average molecular weight is 263 g/mol. The van der Waals surface area contributed by atoms with Crippen LogP contribution in [0.25, 0.3) is 10.8 Å². The maximum Gasteiger partial charge on any atom is 0.124 e. The maximum atomic E-state index is 6.10. The summed E-state index contributed by atoms with van der Waals surface area (Å²) >= 11 is 6.10. The van der Waals surface area contributed by atoms with Crippen LogP contribution < -0.4 is 4.74 Å². The Balaban J connectivity index is 2.44. The molecule has 0 saturated heterocycles. The molecule has 0 radical (unpaired) electrons. The van der Waals surface area contributed by atoms with Crippen LogP contribution in [0.1, 0.15) is 32.3 Å². The van der Waals surface area contributed by atoms with Gasteiger partial charge < -0.3 is 4.74 Å². The zero-order chi connectivity index (χ0) is 13.0. The van der Waals surface area contributed by atoms with Crippen LogP contribution in [-0.4, -0.2) is 6.10 Å². The van der Waals surface area contributed by atoms with Crippen LogP contribution in [0.3, 0.4) is 0 Å². The molecule has 0 fully saturated rings. The van der Waals surface area contributed by atoms with Gasteiger partial charge in [-0.15, -0.1) is 11.6 Å². The van der Waals surface area contributed by atoms with E-state index >= 15 is 0 Å². The van der Waals surface area contributed by atoms with Crippen LogP contribution in [0.5, 0.6) is 5.75 Å². The Morgan fingerprint density at radius 2 is 1.78 bits per heavy atom. The van der Waals surface area contributed by atoms with Crippen molar-refractivity contribution in [2.45, 2.75) is 38.7 Å². The lowest BCUT2D eigenvalue weighted by Crippen LogP contribution is -2.14. The van der Waals surface area contributed by atoms with E-state index in [-0.39, 0.29) is 6.10 Å². The molecule has 96 valence electrons. The third-order valence-corrected chi connectivity index (χ3v) is 3.60. The van der Waals surface area contributed by atoms with Gasteiger partial charge in [-0.1, -0.05) is 44.2 Å². The third kappa shape index (κ3) is 2.62. The largest absolute Gasteiger partial charge is 0.490 e. The molecule has 2 heteroatoms. The minimum absolute atomic E-state index is 0.271. The van der Waals surface area contributed by atoms with Crippen LogP contribution in [0, 0.1) is 0 Å². The van der Waals surface area contributed by atoms with E-state index < -0.39 is 0 Å². The van der Waals surface area contributed by atoms with Crippen LogP contribution >= 0.6 is 11.6 Å². The molecule has 0 amide bonds. The molecule has 0 unspecified atom stereocenters. The molecule has 2 aromatic rings. The van der Waals surface area contributed by atoms with E-state index in [2.05, 4.69) is 32.0 Å². The lowest BCUT2D eigenvalue weighted by Gasteiger charge is -2.19. The summed E-state index contributed by atoms with van der Waals surface area (Å²) in [5, 5.41) is 2.40. The summed E-state index contributed by atoms with van der Waals surface area (Å²) in [6.07, 6.45) is 2.31. The van der Waals surface area contributed by atoms with Crippen LogP contribution in [0.2, 0.25) is 0 Å². The predicted molar refractivity (Wildman–Crippen MR) is 78.5 cm³/mol. The summed E-state index contributed by atoms with van der Waals surface area (Å²) in [6, 6.07) is 12.4. The van der Waals surface area contributed by atoms with Gasteiger partial charge in [-0.2, -0.15) is 0 Å². The zero-order valence-electron chi connectivity index (χ0n) is 10.9. The number of hydrogen-bond acceptors (Lipinski definition) is 1. The van der Waals surface area contributed by atoms with Crippen LogP contribution in [0.4, 0.5) is 0 Å². The minimum atomic E-state index is 0.271. The summed E-state index contributed by atoms with van der Waals surface area (Å²) in [6.45, 7) is 4.30. The summed E-state index contributed by atoms with van der Waals surface area (Å²) in [5.74, 6) is 1.41. The molecule has 0 aliphatic carbocycles. The van der Waals surface area contributed by atoms with Crippen molar-refractivity contribution in [3.63, 3.8) is 0 Å². The molecule has 1 nitrogen and oxygen atoms in total. The molecule has 0 heterocycles. The number of hydrogen-bond donors (Lipinski definition) is 0. The summed E-state index contributed by atoms with van der Waals surface area (Å²) < 4.78 is 6.06. The maximum absolute atomic E-state index is 6.10. The van der Waals surface area contributed by atoms with E-state index in [4.69, 9.17) is 16.3 Å². The summed E-state index contributed by atoms with van der Waals surface area (Å²) in [7, 11) is 0. The summed E-state index contributed by atoms with van der Waals surface area (Å²) in [4.78, 5) is 0. The Labute approximate surface area is 114 Å². The monoisotopic (exact) mass is 262 g/mol. The Morgan fingerprint density at radius 1 is 1.06 bits per heavy atom. The molecule has 0 aliphatic rings. The molecule has 0 aromatic heterocycles. The van der Waals surface area contributed by atoms with Crippen molar-refractivity contribution in [1.82, 2.24) is 0 Å². The van der Waals surface area contributed by atoms with Gasteiger partial charge in [-0.05, 0) is 29.7 Å². The standard InChI is InChI=1S/C16H19ClO/c1-3-13(4-2)18-16-10-9-12-7-5-6-8-14(12)15(16)11-17/h5-10,13H,3-4,11H2,1-2H3. The van der Waals surface area contributed by atoms with E-state index in [1.54, 1.807) is 0 Å². The van der Waals surface area contributed by atoms with Gasteiger partial charge in [0.25, 0.3) is 0 Å². The van der Waals surface area contributed by atoms with Gasteiger partial charge in [0.1, 0.15) is 5.75 Å². The number of fused-ring (bicyclic) bond motifs is 1. The molecule has 0 spiro atoms. The highest BCUT2D eigenvalue weighted by Gasteiger charge is 2.11. The zero-order valence-corrected chi connectivity index (χ0v) is 11.7. The topological polar surface area (TPSA) is 9.23 Å². The number of rotatable bonds is 5. The van der Waals surface area contributed by atoms with Gasteiger partial charge >= 0.3 is 0 Å². The highest BCUT2D eigenvalue weighted by Crippen LogP contribution is 2.30. The average Bonchev–Trinajstić information content (AvgIpc) is 2.44. The Bertz CT molecular complexity index is 517. The van der Waals surface area contributed by atoms with Crippen molar-refractivity contribution in [2.75, 3.05) is 0 Å². The first-order valence-corrected chi connectivity index (χ1v) is 7.06. The lowest BCUT2D eigenvalue weighted by molar-refractivity contribution is 0.192. The first-order chi connectivity index (χ1) is 8.80. The molecule has 0 saturated carbocycles. The van der Waals surface area contributed by atoms with E-state index in [1.807, 2.05) is 18.2 Å². The highest BCUT2D eigenvalue weighted by molar-refractivity contribution is 6.18. The van der Waals surface area contributed by atoms with Gasteiger partial charge in [0.05, 0.1) is 12.0 Å². The van der Waals surface area contributed by atoms with Crippen molar-refractivity contribution in [2.24, 2.45) is 0 Å². The van der Waals surface area contributed by atoms with Crippen molar-refractivity contribution in [3.8, 4) is 5.75 Å². The fraction of sp³-hybridized carbons (Fsp3) is 0.375. The molecular weight excluding hydrogens is 244 g/mol. The minimum Gasteiger partial charge on any atom is -0.490 e. The molecule has 0 aliphatic heterocycles. The molecule has 2 rings (SSSR count). The molecule has 0 atom stereocenters. The fourth-order valence-corrected chi connectivity index (χ4v) is 2.47. The number of ether oxygens (including phenoxy) is 1. The van der Waals surface area contributed by atoms with Crippen molar-refractivity contribution in [3.05, 3.63) is 42.0 Å². The van der Waals surface area contributed by atoms with Gasteiger partial charge in [0.2, 0.25) is 0 Å². The number of alkyl halides is 1. The van der Waals surface area contributed by atoms with E-state index in [0.717, 1.165) is 24.2 Å². The SMILES string of the molecule is CCC(CC)Oc1ccc2ccccc2c1CCl. The molecular formula is C16H19ClO. The number of halogens is 1. The van der Waals surface area contributed by atoms with Crippen LogP contribution in [-0.2, 0) is 5.88 Å².